The van der Waals surface area contributed by atoms with E-state index in [-0.39, 0.29) is 31.3 Å². The van der Waals surface area contributed by atoms with E-state index >= 15 is 0 Å². The quantitative estimate of drug-likeness (QED) is 0.205. The molecule has 0 aliphatic carbocycles. The Bertz CT molecular complexity index is 458. The van der Waals surface area contributed by atoms with Gasteiger partial charge in [0.15, 0.2) is 0 Å². The summed E-state index contributed by atoms with van der Waals surface area (Å²) in [6, 6.07) is 0. The normalized spacial score (nSPS) is 15.5. The summed E-state index contributed by atoms with van der Waals surface area (Å²) in [6.45, 7) is 2.27. The van der Waals surface area contributed by atoms with Crippen LogP contribution in [-0.2, 0) is 10.1 Å². The number of aliphatic hydroxyl groups excluding tert-OH is 2. The molecule has 5 N–H and O–H groups in total. The molecule has 28 heavy (non-hydrogen) atoms. The average molecular weight is 424 g/mol. The van der Waals surface area contributed by atoms with Crippen molar-refractivity contribution >= 4 is 10.1 Å². The highest BCUT2D eigenvalue weighted by Gasteiger charge is 2.37. The second kappa shape index (κ2) is 16.6. The topological polar surface area (TPSA) is 125 Å². The van der Waals surface area contributed by atoms with E-state index in [1.807, 2.05) is 0 Å². The molecule has 2 unspecified atom stereocenters. The lowest BCUT2D eigenvalue weighted by molar-refractivity contribution is -0.498. The Morgan fingerprint density at radius 2 is 1.36 bits per heavy atom. The molecule has 0 radical (unpaired) electrons. The Morgan fingerprint density at radius 1 is 0.821 bits per heavy atom. The molecule has 2 atom stereocenters. The highest BCUT2D eigenvalue weighted by molar-refractivity contribution is 7.85. The van der Waals surface area contributed by atoms with Gasteiger partial charge in [0.05, 0.1) is 15.7 Å². The summed E-state index contributed by atoms with van der Waals surface area (Å²) >= 11 is 0. The fourth-order valence-corrected chi connectivity index (χ4v) is 4.65. The van der Waals surface area contributed by atoms with E-state index in [1.165, 1.54) is 51.4 Å². The Kier molecular flexibility index (Phi) is 16.4. The number of hydrogen-bond acceptors (Lipinski definition) is 5. The van der Waals surface area contributed by atoms with Crippen molar-refractivity contribution in [3.8, 4) is 0 Å². The van der Waals surface area contributed by atoms with Crippen LogP contribution in [-0.4, -0.2) is 47.7 Å². The number of aliphatic hydroxyl groups is 2. The van der Waals surface area contributed by atoms with Crippen molar-refractivity contribution in [1.29, 1.82) is 0 Å². The molecule has 0 aliphatic rings. The van der Waals surface area contributed by atoms with Crippen LogP contribution < -0.4 is 5.73 Å². The zero-order valence-electron chi connectivity index (χ0n) is 18.0. The number of quaternary nitrogens is 1. The summed E-state index contributed by atoms with van der Waals surface area (Å²) < 4.78 is 32.6. The lowest BCUT2D eigenvalue weighted by Crippen LogP contribution is -2.76. The number of hydrogen-bond donors (Lipinski definition) is 3. The van der Waals surface area contributed by atoms with E-state index in [9.17, 15) is 23.2 Å². The smallest absolute Gasteiger partial charge is 0.0997 e. The molecule has 0 fully saturated rings. The predicted molar refractivity (Wildman–Crippen MR) is 113 cm³/mol. The molecule has 0 aromatic carbocycles. The second-order valence-corrected chi connectivity index (χ2v) is 9.90. The van der Waals surface area contributed by atoms with Crippen LogP contribution in [0.3, 0.4) is 0 Å². The van der Waals surface area contributed by atoms with Gasteiger partial charge in [0, 0.05) is 37.7 Å². The van der Waals surface area contributed by atoms with Crippen LogP contribution in [0.5, 0.6) is 0 Å². The Labute approximate surface area is 173 Å². The maximum atomic E-state index is 10.9. The zero-order chi connectivity index (χ0) is 21.3. The molecule has 0 aromatic rings. The molecule has 7 heteroatoms. The molecule has 0 saturated heterocycles. The van der Waals surface area contributed by atoms with Gasteiger partial charge in [0.2, 0.25) is 0 Å². The molecule has 0 saturated carbocycles. The minimum absolute atomic E-state index is 0.0203. The molecular formula is C21H45NO5S. The molecule has 0 aromatic heterocycles. The van der Waals surface area contributed by atoms with E-state index in [4.69, 9.17) is 0 Å². The highest BCUT2D eigenvalue weighted by Crippen LogP contribution is 2.30. The van der Waals surface area contributed by atoms with Crippen LogP contribution in [0, 0.1) is 5.92 Å². The average Bonchev–Trinajstić information content (AvgIpc) is 2.61. The van der Waals surface area contributed by atoms with Crippen LogP contribution in [0.25, 0.3) is 0 Å². The summed E-state index contributed by atoms with van der Waals surface area (Å²) in [5.74, 6) is -0.257. The van der Waals surface area contributed by atoms with E-state index in [0.717, 1.165) is 19.3 Å². The van der Waals surface area contributed by atoms with E-state index < -0.39 is 15.7 Å². The third kappa shape index (κ3) is 14.7. The predicted octanol–water partition coefficient (Wildman–Crippen LogP) is 2.98. The van der Waals surface area contributed by atoms with Gasteiger partial charge in [-0.1, -0.05) is 71.1 Å². The van der Waals surface area contributed by atoms with Gasteiger partial charge in [-0.3, -0.25) is 0 Å². The molecule has 0 aliphatic heterocycles. The van der Waals surface area contributed by atoms with Gasteiger partial charge in [0.1, 0.15) is 0 Å². The first kappa shape index (κ1) is 27.8. The fraction of sp³-hybridized carbons (Fsp3) is 1.00. The molecule has 0 heterocycles. The van der Waals surface area contributed by atoms with Crippen LogP contribution >= 0.6 is 0 Å². The van der Waals surface area contributed by atoms with Gasteiger partial charge in [-0.15, -0.1) is 0 Å². The first-order chi connectivity index (χ1) is 13.3. The Balaban J connectivity index is 4.27. The summed E-state index contributed by atoms with van der Waals surface area (Å²) in [6.07, 6.45) is 15.4. The second-order valence-electron chi connectivity index (χ2n) is 8.38. The maximum Gasteiger partial charge on any atom is 0.0997 e. The van der Waals surface area contributed by atoms with Gasteiger partial charge in [-0.25, -0.2) is 8.42 Å². The van der Waals surface area contributed by atoms with Crippen molar-refractivity contribution in [3.05, 3.63) is 0 Å². The molecule has 0 rings (SSSR count). The zero-order valence-corrected chi connectivity index (χ0v) is 18.9. The monoisotopic (exact) mass is 423 g/mol. The van der Waals surface area contributed by atoms with E-state index in [1.54, 1.807) is 0 Å². The van der Waals surface area contributed by atoms with Crippen molar-refractivity contribution < 1.29 is 28.9 Å². The van der Waals surface area contributed by atoms with Crippen molar-refractivity contribution in [1.82, 2.24) is 0 Å². The number of unbranched alkanes of at least 4 members (excludes halogenated alkanes) is 9. The first-order valence-electron chi connectivity index (χ1n) is 11.3. The third-order valence-corrected chi connectivity index (χ3v) is 6.72. The summed E-state index contributed by atoms with van der Waals surface area (Å²) in [4.78, 5) is 0. The summed E-state index contributed by atoms with van der Waals surface area (Å²) in [5, 5.41) is 18.9. The lowest BCUT2D eigenvalue weighted by Gasteiger charge is -2.34. The summed E-state index contributed by atoms with van der Waals surface area (Å²) in [5.41, 5.74) is 3.81. The highest BCUT2D eigenvalue weighted by atomic mass is 32.2. The van der Waals surface area contributed by atoms with Crippen molar-refractivity contribution in [2.45, 2.75) is 109 Å². The molecule has 6 nitrogen and oxygen atoms in total. The van der Waals surface area contributed by atoms with E-state index in [2.05, 4.69) is 12.7 Å². The van der Waals surface area contributed by atoms with Gasteiger partial charge >= 0.3 is 0 Å². The third-order valence-electron chi connectivity index (χ3n) is 5.93. The Hall–Kier alpha value is -0.210. The van der Waals surface area contributed by atoms with Gasteiger partial charge < -0.3 is 20.5 Å². The van der Waals surface area contributed by atoms with Crippen LogP contribution in [0.1, 0.15) is 103 Å². The largest absolute Gasteiger partial charge is 0.748 e. The lowest BCUT2D eigenvalue weighted by atomic mass is 9.74. The molecule has 170 valence electrons. The minimum atomic E-state index is -4.23. The van der Waals surface area contributed by atoms with Crippen molar-refractivity contribution in [2.75, 3.05) is 19.0 Å². The standard InChI is InChI=1S/C21H45NO5S/c1-2-3-4-5-6-7-8-9-10-11-13-20(14-17-23)21(22,16-18-24)15-12-19-28(25,26)27/h20,23-24H,2-19,22H2,1H3,(H,25,26,27). The minimum Gasteiger partial charge on any atom is -0.748 e. The SMILES string of the molecule is CCCCCCCCCCCCC(CCO)C([NH3+])(CCO)CCCS(=O)(=O)[O-]. The molecule has 0 amide bonds. The van der Waals surface area contributed by atoms with Gasteiger partial charge in [0.25, 0.3) is 0 Å². The number of rotatable bonds is 20. The maximum absolute atomic E-state index is 10.9. The fourth-order valence-electron chi connectivity index (χ4n) is 4.15. The van der Waals surface area contributed by atoms with E-state index in [0.29, 0.717) is 19.3 Å². The van der Waals surface area contributed by atoms with Crippen molar-refractivity contribution in [3.63, 3.8) is 0 Å². The molecule has 0 spiro atoms. The molecule has 0 bridgehead atoms. The Morgan fingerprint density at radius 3 is 1.82 bits per heavy atom. The van der Waals surface area contributed by atoms with Crippen LogP contribution in [0.2, 0.25) is 0 Å². The van der Waals surface area contributed by atoms with Crippen LogP contribution in [0.4, 0.5) is 0 Å². The summed E-state index contributed by atoms with van der Waals surface area (Å²) in [7, 11) is -4.23. The first-order valence-corrected chi connectivity index (χ1v) is 12.9. The molecular weight excluding hydrogens is 378 g/mol. The van der Waals surface area contributed by atoms with Crippen molar-refractivity contribution in [2.24, 2.45) is 5.92 Å². The van der Waals surface area contributed by atoms with Gasteiger partial charge in [-0.2, -0.15) is 0 Å². The van der Waals surface area contributed by atoms with Crippen LogP contribution in [0.15, 0.2) is 0 Å². The van der Waals surface area contributed by atoms with Gasteiger partial charge in [-0.05, 0) is 19.3 Å².